The van der Waals surface area contributed by atoms with Gasteiger partial charge in [0.2, 0.25) is 0 Å². The topological polar surface area (TPSA) is 35.6 Å². The van der Waals surface area contributed by atoms with E-state index in [-0.39, 0.29) is 17.8 Å². The van der Waals surface area contributed by atoms with Crippen LogP contribution in [0.15, 0.2) is 91.0 Å². The van der Waals surface area contributed by atoms with Crippen LogP contribution in [0.1, 0.15) is 44.9 Å². The van der Waals surface area contributed by atoms with Crippen LogP contribution < -0.4 is 5.32 Å². The molecule has 6 heteroatoms. The minimum Gasteiger partial charge on any atom is -0.313 e. The van der Waals surface area contributed by atoms with Crippen molar-refractivity contribution in [3.8, 4) is 0 Å². The normalized spacial score (nSPS) is 15.4. The van der Waals surface area contributed by atoms with Crippen LogP contribution in [0.25, 0.3) is 0 Å². The standard InChI is InChI=1S/C31H32FN3OS/c1-2-27-21-28(31(37-27)33-30(36)24-12-7-4-8-13-24)29(25-14-9-15-26(32)20-25)35-18-16-34(17-19-35)22-23-10-5-3-6-11-23/h3-15,20-21,29H,2,16-19,22H2,1H3,(H,33,36). The number of nitrogens with one attached hydrogen (secondary N) is 1. The van der Waals surface area contributed by atoms with Crippen LogP contribution in [0.3, 0.4) is 0 Å². The van der Waals surface area contributed by atoms with E-state index in [1.165, 1.54) is 16.5 Å². The molecule has 4 aromatic rings. The van der Waals surface area contributed by atoms with E-state index in [0.717, 1.165) is 55.3 Å². The molecule has 0 spiro atoms. The van der Waals surface area contributed by atoms with E-state index in [1.807, 2.05) is 42.5 Å². The molecule has 37 heavy (non-hydrogen) atoms. The zero-order valence-corrected chi connectivity index (χ0v) is 21.9. The van der Waals surface area contributed by atoms with Crippen molar-refractivity contribution in [1.29, 1.82) is 0 Å². The van der Waals surface area contributed by atoms with Gasteiger partial charge in [0.1, 0.15) is 10.8 Å². The molecule has 2 heterocycles. The molecule has 1 atom stereocenters. The van der Waals surface area contributed by atoms with Crippen molar-refractivity contribution in [1.82, 2.24) is 9.80 Å². The van der Waals surface area contributed by atoms with E-state index in [2.05, 4.69) is 52.4 Å². The number of carbonyl (C=O) groups excluding carboxylic acids is 1. The minimum absolute atomic E-state index is 0.128. The van der Waals surface area contributed by atoms with Crippen LogP contribution in [-0.4, -0.2) is 41.9 Å². The van der Waals surface area contributed by atoms with Crippen LogP contribution in [-0.2, 0) is 13.0 Å². The zero-order valence-electron chi connectivity index (χ0n) is 21.1. The number of carbonyl (C=O) groups is 1. The Morgan fingerprint density at radius 1 is 0.919 bits per heavy atom. The van der Waals surface area contributed by atoms with E-state index >= 15 is 0 Å². The monoisotopic (exact) mass is 513 g/mol. The summed E-state index contributed by atoms with van der Waals surface area (Å²) in [5.41, 5.74) is 3.88. The summed E-state index contributed by atoms with van der Waals surface area (Å²) >= 11 is 1.61. The Hall–Kier alpha value is -3.32. The van der Waals surface area contributed by atoms with Crippen LogP contribution >= 0.6 is 11.3 Å². The highest BCUT2D eigenvalue weighted by atomic mass is 32.1. The Labute approximate surface area is 222 Å². The molecule has 0 radical (unpaired) electrons. The smallest absolute Gasteiger partial charge is 0.256 e. The van der Waals surface area contributed by atoms with Gasteiger partial charge in [-0.3, -0.25) is 14.6 Å². The lowest BCUT2D eigenvalue weighted by atomic mass is 9.97. The number of hydrogen-bond acceptors (Lipinski definition) is 4. The Bertz CT molecular complexity index is 1320. The van der Waals surface area contributed by atoms with Gasteiger partial charge in [-0.25, -0.2) is 4.39 Å². The van der Waals surface area contributed by atoms with Crippen LogP contribution in [0.5, 0.6) is 0 Å². The van der Waals surface area contributed by atoms with E-state index in [0.29, 0.717) is 5.56 Å². The van der Waals surface area contributed by atoms with Crippen molar-refractivity contribution in [2.24, 2.45) is 0 Å². The lowest BCUT2D eigenvalue weighted by molar-refractivity contribution is 0.102. The summed E-state index contributed by atoms with van der Waals surface area (Å²) in [4.78, 5) is 19.2. The number of piperazine rings is 1. The lowest BCUT2D eigenvalue weighted by Crippen LogP contribution is -2.47. The van der Waals surface area contributed by atoms with Crippen molar-refractivity contribution in [2.75, 3.05) is 31.5 Å². The molecule has 5 rings (SSSR count). The van der Waals surface area contributed by atoms with Crippen LogP contribution in [0.2, 0.25) is 0 Å². The third-order valence-corrected chi connectivity index (χ3v) is 8.11. The van der Waals surface area contributed by atoms with Gasteiger partial charge in [-0.05, 0) is 47.9 Å². The molecule has 0 bridgehead atoms. The SMILES string of the molecule is CCc1cc(C(c2cccc(F)c2)N2CCN(Cc3ccccc3)CC2)c(NC(=O)c2ccccc2)s1. The van der Waals surface area contributed by atoms with Gasteiger partial charge in [0.05, 0.1) is 6.04 Å². The molecule has 4 nitrogen and oxygen atoms in total. The third kappa shape index (κ3) is 6.16. The highest BCUT2D eigenvalue weighted by molar-refractivity contribution is 7.16. The van der Waals surface area contributed by atoms with Gasteiger partial charge in [0.15, 0.2) is 0 Å². The first kappa shape index (κ1) is 25.3. The van der Waals surface area contributed by atoms with Gasteiger partial charge in [0.25, 0.3) is 5.91 Å². The molecule has 190 valence electrons. The fourth-order valence-electron chi connectivity index (χ4n) is 4.98. The second-order valence-electron chi connectivity index (χ2n) is 9.43. The van der Waals surface area contributed by atoms with Gasteiger partial charge < -0.3 is 5.32 Å². The van der Waals surface area contributed by atoms with E-state index < -0.39 is 0 Å². The number of anilines is 1. The lowest BCUT2D eigenvalue weighted by Gasteiger charge is -2.39. The second-order valence-corrected chi connectivity index (χ2v) is 10.6. The van der Waals surface area contributed by atoms with Gasteiger partial charge in [-0.15, -0.1) is 11.3 Å². The molecule has 3 aromatic carbocycles. The summed E-state index contributed by atoms with van der Waals surface area (Å²) in [6, 6.07) is 28.8. The molecule has 1 saturated heterocycles. The first-order chi connectivity index (χ1) is 18.1. The Morgan fingerprint density at radius 2 is 1.62 bits per heavy atom. The first-order valence-electron chi connectivity index (χ1n) is 12.9. The number of halogens is 1. The van der Waals surface area contributed by atoms with Crippen LogP contribution in [0.4, 0.5) is 9.39 Å². The number of thiophene rings is 1. The van der Waals surface area contributed by atoms with Crippen LogP contribution in [0, 0.1) is 5.82 Å². The second kappa shape index (κ2) is 11.8. The van der Waals surface area contributed by atoms with Gasteiger partial charge in [-0.2, -0.15) is 0 Å². The van der Waals surface area contributed by atoms with Gasteiger partial charge >= 0.3 is 0 Å². The highest BCUT2D eigenvalue weighted by Gasteiger charge is 2.30. The van der Waals surface area contributed by atoms with Gasteiger partial charge in [-0.1, -0.05) is 67.6 Å². The number of nitrogens with zero attached hydrogens (tertiary/aromatic N) is 2. The average molecular weight is 514 g/mol. The fraction of sp³-hybridized carbons (Fsp3) is 0.258. The molecule has 1 aromatic heterocycles. The van der Waals surface area contributed by atoms with Crippen molar-refractivity contribution in [3.05, 3.63) is 124 Å². The average Bonchev–Trinajstić information content (AvgIpc) is 3.33. The quantitative estimate of drug-likeness (QED) is 0.288. The molecular formula is C31H32FN3OS. The Kier molecular flexibility index (Phi) is 8.09. The minimum atomic E-state index is -0.244. The molecule has 0 aliphatic carbocycles. The molecule has 1 amide bonds. The summed E-state index contributed by atoms with van der Waals surface area (Å²) < 4.78 is 14.4. The number of aryl methyl sites for hydroxylation is 1. The van der Waals surface area contributed by atoms with Gasteiger partial charge in [0, 0.05) is 48.7 Å². The van der Waals surface area contributed by atoms with Crippen molar-refractivity contribution < 1.29 is 9.18 Å². The maximum atomic E-state index is 14.4. The van der Waals surface area contributed by atoms with Crippen molar-refractivity contribution >= 4 is 22.2 Å². The summed E-state index contributed by atoms with van der Waals surface area (Å²) in [6.45, 7) is 6.62. The predicted molar refractivity (Wildman–Crippen MR) is 150 cm³/mol. The summed E-state index contributed by atoms with van der Waals surface area (Å²) in [5, 5.41) is 4.02. The van der Waals surface area contributed by atoms with E-state index in [4.69, 9.17) is 0 Å². The number of hydrogen-bond donors (Lipinski definition) is 1. The summed E-state index contributed by atoms with van der Waals surface area (Å²) in [6.07, 6.45) is 0.875. The third-order valence-electron chi connectivity index (χ3n) is 6.90. The molecular weight excluding hydrogens is 481 g/mol. The molecule has 0 saturated carbocycles. The number of amides is 1. The molecule has 1 unspecified atom stereocenters. The Balaban J connectivity index is 1.43. The predicted octanol–water partition coefficient (Wildman–Crippen LogP) is 6.61. The fourth-order valence-corrected chi connectivity index (χ4v) is 6.01. The maximum Gasteiger partial charge on any atom is 0.256 e. The molecule has 1 aliphatic heterocycles. The van der Waals surface area contributed by atoms with E-state index in [9.17, 15) is 9.18 Å². The molecule has 1 aliphatic rings. The largest absolute Gasteiger partial charge is 0.313 e. The number of rotatable bonds is 8. The van der Waals surface area contributed by atoms with Crippen molar-refractivity contribution in [2.45, 2.75) is 25.9 Å². The van der Waals surface area contributed by atoms with Crippen molar-refractivity contribution in [3.63, 3.8) is 0 Å². The summed E-state index contributed by atoms with van der Waals surface area (Å²) in [5.74, 6) is -0.372. The van der Waals surface area contributed by atoms with E-state index in [1.54, 1.807) is 23.5 Å². The first-order valence-corrected chi connectivity index (χ1v) is 13.7. The highest BCUT2D eigenvalue weighted by Crippen LogP contribution is 2.40. The molecule has 1 fully saturated rings. The number of benzene rings is 3. The maximum absolute atomic E-state index is 14.4. The zero-order chi connectivity index (χ0) is 25.6. The molecule has 1 N–H and O–H groups in total. The Morgan fingerprint density at radius 3 is 2.30 bits per heavy atom. The summed E-state index contributed by atoms with van der Waals surface area (Å²) in [7, 11) is 0.